The summed E-state index contributed by atoms with van der Waals surface area (Å²) in [6, 6.07) is 7.77. The highest BCUT2D eigenvalue weighted by molar-refractivity contribution is 5.79. The maximum Gasteiger partial charge on any atom is 0.191 e. The SMILES string of the molecule is CCNC(=NCc1nnc2ccccn12)NCCCn1cccn1. The molecule has 0 amide bonds. The number of nitrogens with zero attached hydrogens (tertiary/aromatic N) is 6. The first-order valence-electron chi connectivity index (χ1n) is 8.15. The lowest BCUT2D eigenvalue weighted by Crippen LogP contribution is -2.38. The van der Waals surface area contributed by atoms with Crippen LogP contribution in [0.4, 0.5) is 0 Å². The number of aryl methyl sites for hydroxylation is 1. The number of nitrogens with one attached hydrogen (secondary N) is 2. The average molecular weight is 326 g/mol. The number of aromatic nitrogens is 5. The van der Waals surface area contributed by atoms with Crippen molar-refractivity contribution in [1.29, 1.82) is 0 Å². The molecule has 0 atom stereocenters. The van der Waals surface area contributed by atoms with Crippen molar-refractivity contribution in [3.8, 4) is 0 Å². The van der Waals surface area contributed by atoms with Crippen LogP contribution in [0.25, 0.3) is 5.65 Å². The number of hydrogen-bond donors (Lipinski definition) is 2. The summed E-state index contributed by atoms with van der Waals surface area (Å²) < 4.78 is 3.87. The van der Waals surface area contributed by atoms with Gasteiger partial charge in [-0.2, -0.15) is 5.10 Å². The summed E-state index contributed by atoms with van der Waals surface area (Å²) in [6.45, 7) is 5.04. The Bertz CT molecular complexity index is 774. The summed E-state index contributed by atoms with van der Waals surface area (Å²) >= 11 is 0. The molecule has 0 aliphatic rings. The lowest BCUT2D eigenvalue weighted by molar-refractivity contribution is 0.570. The van der Waals surface area contributed by atoms with Crippen LogP contribution in [-0.4, -0.2) is 43.4 Å². The van der Waals surface area contributed by atoms with Crippen LogP contribution in [0, 0.1) is 0 Å². The van der Waals surface area contributed by atoms with Gasteiger partial charge >= 0.3 is 0 Å². The first-order valence-corrected chi connectivity index (χ1v) is 8.15. The third kappa shape index (κ3) is 4.09. The molecule has 126 valence electrons. The molecular weight excluding hydrogens is 304 g/mol. The Hall–Kier alpha value is -2.90. The molecule has 3 heterocycles. The van der Waals surface area contributed by atoms with Crippen LogP contribution in [0.15, 0.2) is 47.8 Å². The van der Waals surface area contributed by atoms with E-state index < -0.39 is 0 Å². The van der Waals surface area contributed by atoms with Gasteiger partial charge in [-0.3, -0.25) is 9.08 Å². The summed E-state index contributed by atoms with van der Waals surface area (Å²) in [6.07, 6.45) is 6.68. The van der Waals surface area contributed by atoms with E-state index in [2.05, 4.69) is 30.9 Å². The Morgan fingerprint density at radius 2 is 2.12 bits per heavy atom. The minimum absolute atomic E-state index is 0.472. The van der Waals surface area contributed by atoms with Crippen molar-refractivity contribution >= 4 is 11.6 Å². The molecule has 8 heteroatoms. The standard InChI is InChI=1S/C16H22N8/c1-2-17-16(18-8-5-10-23-11-6-9-20-23)19-13-15-22-21-14-7-3-4-12-24(14)15/h3-4,6-7,9,11-12H,2,5,8,10,13H2,1H3,(H2,17,18,19). The van der Waals surface area contributed by atoms with E-state index in [-0.39, 0.29) is 0 Å². The molecule has 3 rings (SSSR count). The lowest BCUT2D eigenvalue weighted by Gasteiger charge is -2.11. The van der Waals surface area contributed by atoms with E-state index in [0.717, 1.165) is 43.5 Å². The molecule has 24 heavy (non-hydrogen) atoms. The second-order valence-electron chi connectivity index (χ2n) is 5.29. The van der Waals surface area contributed by atoms with Gasteiger partial charge in [0, 0.05) is 38.2 Å². The normalized spacial score (nSPS) is 11.8. The fraction of sp³-hybridized carbons (Fsp3) is 0.375. The van der Waals surface area contributed by atoms with E-state index in [1.54, 1.807) is 6.20 Å². The second kappa shape index (κ2) is 8.09. The zero-order chi connectivity index (χ0) is 16.6. The molecule has 0 unspecified atom stereocenters. The van der Waals surface area contributed by atoms with Gasteiger partial charge in [-0.15, -0.1) is 10.2 Å². The van der Waals surface area contributed by atoms with Crippen molar-refractivity contribution in [2.75, 3.05) is 13.1 Å². The highest BCUT2D eigenvalue weighted by atomic mass is 15.3. The number of pyridine rings is 1. The van der Waals surface area contributed by atoms with Crippen molar-refractivity contribution < 1.29 is 0 Å². The van der Waals surface area contributed by atoms with Gasteiger partial charge in [0.1, 0.15) is 6.54 Å². The molecule has 0 aromatic carbocycles. The molecular formula is C16H22N8. The van der Waals surface area contributed by atoms with Crippen LogP contribution >= 0.6 is 0 Å². The van der Waals surface area contributed by atoms with Crippen LogP contribution in [0.3, 0.4) is 0 Å². The maximum atomic E-state index is 4.59. The minimum atomic E-state index is 0.472. The van der Waals surface area contributed by atoms with Gasteiger partial charge in [0.25, 0.3) is 0 Å². The highest BCUT2D eigenvalue weighted by Crippen LogP contribution is 2.03. The zero-order valence-electron chi connectivity index (χ0n) is 13.8. The van der Waals surface area contributed by atoms with Gasteiger partial charge in [0.2, 0.25) is 0 Å². The summed E-state index contributed by atoms with van der Waals surface area (Å²) in [5.41, 5.74) is 0.833. The Morgan fingerprint density at radius 1 is 1.17 bits per heavy atom. The zero-order valence-corrected chi connectivity index (χ0v) is 13.8. The van der Waals surface area contributed by atoms with E-state index in [9.17, 15) is 0 Å². The monoisotopic (exact) mass is 326 g/mol. The lowest BCUT2D eigenvalue weighted by atomic mass is 10.4. The predicted octanol–water partition coefficient (Wildman–Crippen LogP) is 1.07. The van der Waals surface area contributed by atoms with Crippen molar-refractivity contribution in [2.45, 2.75) is 26.4 Å². The van der Waals surface area contributed by atoms with Crippen molar-refractivity contribution in [2.24, 2.45) is 4.99 Å². The van der Waals surface area contributed by atoms with Crippen LogP contribution in [-0.2, 0) is 13.1 Å². The van der Waals surface area contributed by atoms with Gasteiger partial charge in [0.05, 0.1) is 0 Å². The van der Waals surface area contributed by atoms with Gasteiger partial charge in [-0.05, 0) is 31.5 Å². The molecule has 0 radical (unpaired) electrons. The summed E-state index contributed by atoms with van der Waals surface area (Å²) in [5, 5.41) is 19.1. The van der Waals surface area contributed by atoms with Crippen LogP contribution in [0.1, 0.15) is 19.2 Å². The predicted molar refractivity (Wildman–Crippen MR) is 92.6 cm³/mol. The molecule has 8 nitrogen and oxygen atoms in total. The van der Waals surface area contributed by atoms with E-state index in [1.165, 1.54) is 0 Å². The summed E-state index contributed by atoms with van der Waals surface area (Å²) in [4.78, 5) is 4.59. The van der Waals surface area contributed by atoms with Crippen LogP contribution < -0.4 is 10.6 Å². The van der Waals surface area contributed by atoms with E-state index in [4.69, 9.17) is 0 Å². The van der Waals surface area contributed by atoms with Gasteiger partial charge in [-0.1, -0.05) is 6.07 Å². The molecule has 0 spiro atoms. The Kier molecular flexibility index (Phi) is 5.39. The first kappa shape index (κ1) is 16.0. The smallest absolute Gasteiger partial charge is 0.191 e. The van der Waals surface area contributed by atoms with Crippen LogP contribution in [0.5, 0.6) is 0 Å². The van der Waals surface area contributed by atoms with E-state index >= 15 is 0 Å². The van der Waals surface area contributed by atoms with Gasteiger partial charge in [-0.25, -0.2) is 4.99 Å². The number of fused-ring (bicyclic) bond motifs is 1. The number of aliphatic imine (C=N–C) groups is 1. The summed E-state index contributed by atoms with van der Waals surface area (Å²) in [7, 11) is 0. The third-order valence-electron chi connectivity index (χ3n) is 3.52. The fourth-order valence-corrected chi connectivity index (χ4v) is 2.37. The maximum absolute atomic E-state index is 4.59. The molecule has 0 saturated carbocycles. The number of hydrogen-bond acceptors (Lipinski definition) is 4. The van der Waals surface area contributed by atoms with Gasteiger partial charge in [0.15, 0.2) is 17.4 Å². The molecule has 0 aliphatic carbocycles. The average Bonchev–Trinajstić information content (AvgIpc) is 3.26. The van der Waals surface area contributed by atoms with E-state index in [1.807, 2.05) is 52.7 Å². The largest absolute Gasteiger partial charge is 0.357 e. The van der Waals surface area contributed by atoms with Gasteiger partial charge < -0.3 is 10.6 Å². The summed E-state index contributed by atoms with van der Waals surface area (Å²) in [5.74, 6) is 1.60. The van der Waals surface area contributed by atoms with Crippen LogP contribution in [0.2, 0.25) is 0 Å². The first-order chi connectivity index (χ1) is 11.9. The van der Waals surface area contributed by atoms with Crippen molar-refractivity contribution in [3.63, 3.8) is 0 Å². The highest BCUT2D eigenvalue weighted by Gasteiger charge is 2.04. The van der Waals surface area contributed by atoms with Crippen molar-refractivity contribution in [3.05, 3.63) is 48.7 Å². The number of rotatable bonds is 7. The van der Waals surface area contributed by atoms with E-state index in [0.29, 0.717) is 6.54 Å². The third-order valence-corrected chi connectivity index (χ3v) is 3.52. The van der Waals surface area contributed by atoms with Crippen molar-refractivity contribution in [1.82, 2.24) is 35.0 Å². The molecule has 0 bridgehead atoms. The molecule has 0 aliphatic heterocycles. The molecule has 3 aromatic rings. The second-order valence-corrected chi connectivity index (χ2v) is 5.29. The molecule has 0 saturated heterocycles. The minimum Gasteiger partial charge on any atom is -0.357 e. The fourth-order valence-electron chi connectivity index (χ4n) is 2.37. The molecule has 0 fully saturated rings. The Morgan fingerprint density at radius 3 is 2.96 bits per heavy atom. The number of guanidine groups is 1. The quantitative estimate of drug-likeness (QED) is 0.385. The topological polar surface area (TPSA) is 84.4 Å². The molecule has 3 aromatic heterocycles. The molecule has 2 N–H and O–H groups in total. The Balaban J connectivity index is 1.55. The Labute approximate surface area is 140 Å².